The van der Waals surface area contributed by atoms with E-state index in [0.29, 0.717) is 5.52 Å². The zero-order chi connectivity index (χ0) is 12.6. The molecule has 0 aliphatic heterocycles. The Bertz CT molecular complexity index is 661. The maximum Gasteiger partial charge on any atom is 0.280 e. The van der Waals surface area contributed by atoms with Crippen molar-refractivity contribution in [3.8, 4) is 0 Å². The first-order valence-electron chi connectivity index (χ1n) is 5.36. The van der Waals surface area contributed by atoms with Crippen molar-refractivity contribution in [1.29, 1.82) is 0 Å². The summed E-state index contributed by atoms with van der Waals surface area (Å²) in [5.41, 5.74) is 1.42. The molecule has 2 aromatic rings. The van der Waals surface area contributed by atoms with Gasteiger partial charge in [0, 0.05) is 23.3 Å². The summed E-state index contributed by atoms with van der Waals surface area (Å²) in [4.78, 5) is 4.15. The van der Waals surface area contributed by atoms with Crippen molar-refractivity contribution in [2.45, 2.75) is 31.7 Å². The zero-order valence-electron chi connectivity index (χ0n) is 9.64. The van der Waals surface area contributed by atoms with Gasteiger partial charge in [-0.3, -0.25) is 0 Å². The van der Waals surface area contributed by atoms with E-state index in [1.54, 1.807) is 4.40 Å². The van der Waals surface area contributed by atoms with Crippen molar-refractivity contribution in [3.63, 3.8) is 0 Å². The lowest BCUT2D eigenvalue weighted by Gasteiger charge is -2.01. The summed E-state index contributed by atoms with van der Waals surface area (Å²) in [7, 11) is 1.61. The van der Waals surface area contributed by atoms with Crippen LogP contribution in [0.5, 0.6) is 0 Å². The average molecular weight is 273 g/mol. The lowest BCUT2D eigenvalue weighted by Crippen LogP contribution is -1.94. The molecule has 0 spiro atoms. The van der Waals surface area contributed by atoms with Crippen LogP contribution in [0.2, 0.25) is 0 Å². The van der Waals surface area contributed by atoms with Crippen molar-refractivity contribution in [1.82, 2.24) is 9.38 Å². The first-order chi connectivity index (χ1) is 7.95. The monoisotopic (exact) mass is 272 g/mol. The van der Waals surface area contributed by atoms with Crippen LogP contribution in [0.3, 0.4) is 0 Å². The molecule has 2 heterocycles. The number of pyridine rings is 1. The van der Waals surface area contributed by atoms with Crippen LogP contribution in [-0.2, 0) is 15.5 Å². The Kier molecular flexibility index (Phi) is 3.14. The van der Waals surface area contributed by atoms with Gasteiger partial charge < -0.3 is 4.40 Å². The predicted octanol–water partition coefficient (Wildman–Crippen LogP) is 2.52. The smallest absolute Gasteiger partial charge is 0.280 e. The van der Waals surface area contributed by atoms with Gasteiger partial charge in [0.2, 0.25) is 0 Å². The number of nitrogens with zero attached hydrogens (tertiary/aromatic N) is 2. The molecular weight excluding hydrogens is 260 g/mol. The molecule has 0 aliphatic carbocycles. The van der Waals surface area contributed by atoms with Gasteiger partial charge >= 0.3 is 0 Å². The Morgan fingerprint density at radius 1 is 1.47 bits per heavy atom. The third kappa shape index (κ3) is 2.17. The number of rotatable bonds is 3. The van der Waals surface area contributed by atoms with E-state index in [2.05, 4.69) is 4.98 Å². The van der Waals surface area contributed by atoms with Gasteiger partial charge in [-0.1, -0.05) is 13.0 Å². The molecule has 0 bridgehead atoms. The standard InChI is InChI=1S/C11H13ClN2O2S/c1-3-5-9-13-11(17(12,15)16)10-8(2)6-4-7-14(9)10/h4,6-7H,3,5H2,1-2H3. The Hall–Kier alpha value is -1.07. The molecule has 0 fully saturated rings. The fraction of sp³-hybridized carbons (Fsp3) is 0.364. The molecule has 2 rings (SSSR count). The largest absolute Gasteiger partial charge is 0.302 e. The van der Waals surface area contributed by atoms with Crippen molar-refractivity contribution in [2.75, 3.05) is 0 Å². The topological polar surface area (TPSA) is 51.4 Å². The normalized spacial score (nSPS) is 12.2. The second-order valence-electron chi connectivity index (χ2n) is 3.93. The zero-order valence-corrected chi connectivity index (χ0v) is 11.2. The van der Waals surface area contributed by atoms with Crippen LogP contribution in [0.1, 0.15) is 24.7 Å². The van der Waals surface area contributed by atoms with E-state index >= 15 is 0 Å². The summed E-state index contributed by atoms with van der Waals surface area (Å²) >= 11 is 0. The SMILES string of the molecule is CCCc1nc(S(=O)(=O)Cl)c2c(C)cccn12. The van der Waals surface area contributed by atoms with Gasteiger partial charge in [-0.05, 0) is 25.0 Å². The number of imidazole rings is 1. The van der Waals surface area contributed by atoms with Gasteiger partial charge in [0.1, 0.15) is 5.82 Å². The molecule has 0 atom stereocenters. The van der Waals surface area contributed by atoms with Crippen molar-refractivity contribution in [2.24, 2.45) is 0 Å². The van der Waals surface area contributed by atoms with Gasteiger partial charge in [0.05, 0.1) is 5.52 Å². The quantitative estimate of drug-likeness (QED) is 0.807. The van der Waals surface area contributed by atoms with E-state index < -0.39 is 9.05 Å². The van der Waals surface area contributed by atoms with E-state index in [4.69, 9.17) is 10.7 Å². The van der Waals surface area contributed by atoms with Crippen LogP contribution >= 0.6 is 10.7 Å². The fourth-order valence-corrected chi connectivity index (χ4v) is 2.93. The van der Waals surface area contributed by atoms with Crippen LogP contribution in [0.25, 0.3) is 5.52 Å². The highest BCUT2D eigenvalue weighted by Gasteiger charge is 2.21. The Morgan fingerprint density at radius 3 is 2.76 bits per heavy atom. The molecule has 92 valence electrons. The number of fused-ring (bicyclic) bond motifs is 1. The van der Waals surface area contributed by atoms with E-state index in [1.807, 2.05) is 32.2 Å². The van der Waals surface area contributed by atoms with E-state index in [0.717, 1.165) is 24.2 Å². The van der Waals surface area contributed by atoms with Crippen LogP contribution in [0.4, 0.5) is 0 Å². The maximum atomic E-state index is 11.5. The summed E-state index contributed by atoms with van der Waals surface area (Å²) in [6.07, 6.45) is 3.43. The highest BCUT2D eigenvalue weighted by molar-refractivity contribution is 8.13. The molecule has 2 aromatic heterocycles. The van der Waals surface area contributed by atoms with Gasteiger partial charge in [0.25, 0.3) is 9.05 Å². The first-order valence-corrected chi connectivity index (χ1v) is 7.67. The highest BCUT2D eigenvalue weighted by Crippen LogP contribution is 2.24. The van der Waals surface area contributed by atoms with Crippen LogP contribution in [0.15, 0.2) is 23.4 Å². The molecular formula is C11H13ClN2O2S. The second-order valence-corrected chi connectivity index (χ2v) is 6.41. The molecule has 0 radical (unpaired) electrons. The lowest BCUT2D eigenvalue weighted by atomic mass is 10.2. The Morgan fingerprint density at radius 2 is 2.18 bits per heavy atom. The number of aryl methyl sites for hydroxylation is 2. The van der Waals surface area contributed by atoms with E-state index in [9.17, 15) is 8.42 Å². The summed E-state index contributed by atoms with van der Waals surface area (Å²) in [5, 5.41) is -0.0410. The third-order valence-corrected chi connectivity index (χ3v) is 3.80. The second kappa shape index (κ2) is 4.31. The van der Waals surface area contributed by atoms with Crippen molar-refractivity contribution in [3.05, 3.63) is 29.7 Å². The maximum absolute atomic E-state index is 11.5. The number of aromatic nitrogens is 2. The molecule has 0 unspecified atom stereocenters. The van der Waals surface area contributed by atoms with Crippen molar-refractivity contribution < 1.29 is 8.42 Å². The van der Waals surface area contributed by atoms with Crippen LogP contribution in [0, 0.1) is 6.92 Å². The highest BCUT2D eigenvalue weighted by atomic mass is 35.7. The average Bonchev–Trinajstić information content (AvgIpc) is 2.59. The Labute approximate surface area is 105 Å². The number of hydrogen-bond acceptors (Lipinski definition) is 3. The summed E-state index contributed by atoms with van der Waals surface area (Å²) in [6, 6.07) is 3.71. The van der Waals surface area contributed by atoms with E-state index in [1.165, 1.54) is 0 Å². The minimum absolute atomic E-state index is 0.0410. The molecule has 0 saturated carbocycles. The molecule has 4 nitrogen and oxygen atoms in total. The summed E-state index contributed by atoms with van der Waals surface area (Å²) < 4.78 is 24.8. The third-order valence-electron chi connectivity index (χ3n) is 2.61. The molecule has 0 aromatic carbocycles. The van der Waals surface area contributed by atoms with Gasteiger partial charge in [-0.15, -0.1) is 0 Å². The molecule has 0 aliphatic rings. The van der Waals surface area contributed by atoms with Gasteiger partial charge in [-0.25, -0.2) is 13.4 Å². The molecule has 17 heavy (non-hydrogen) atoms. The summed E-state index contributed by atoms with van der Waals surface area (Å²) in [6.45, 7) is 3.87. The number of hydrogen-bond donors (Lipinski definition) is 0. The van der Waals surface area contributed by atoms with Crippen LogP contribution < -0.4 is 0 Å². The minimum atomic E-state index is -3.81. The lowest BCUT2D eigenvalue weighted by molar-refractivity contribution is 0.607. The Balaban J connectivity index is 2.86. The van der Waals surface area contributed by atoms with Gasteiger partial charge in [0.15, 0.2) is 5.03 Å². The predicted molar refractivity (Wildman–Crippen MR) is 67.0 cm³/mol. The van der Waals surface area contributed by atoms with Crippen molar-refractivity contribution >= 4 is 25.2 Å². The molecule has 0 amide bonds. The first kappa shape index (κ1) is 12.4. The van der Waals surface area contributed by atoms with Gasteiger partial charge in [-0.2, -0.15) is 0 Å². The van der Waals surface area contributed by atoms with E-state index in [-0.39, 0.29) is 5.03 Å². The molecule has 0 saturated heterocycles. The molecule has 6 heteroatoms. The molecule has 0 N–H and O–H groups in total. The fourth-order valence-electron chi connectivity index (χ4n) is 1.90. The summed E-state index contributed by atoms with van der Waals surface area (Å²) in [5.74, 6) is 0.727. The van der Waals surface area contributed by atoms with Crippen LogP contribution in [-0.4, -0.2) is 17.8 Å². The minimum Gasteiger partial charge on any atom is -0.302 e. The number of halogens is 1.